The lowest BCUT2D eigenvalue weighted by molar-refractivity contribution is 0.436. The predicted molar refractivity (Wildman–Crippen MR) is 131 cm³/mol. The van der Waals surface area contributed by atoms with Crippen LogP contribution in [0.5, 0.6) is 34.5 Å². The van der Waals surface area contributed by atoms with Crippen LogP contribution in [0, 0.1) is 0 Å². The second-order valence-corrected chi connectivity index (χ2v) is 7.53. The van der Waals surface area contributed by atoms with Crippen molar-refractivity contribution in [3.8, 4) is 34.5 Å². The third kappa shape index (κ3) is 8.85. The first-order valence-electron chi connectivity index (χ1n) is 11.3. The van der Waals surface area contributed by atoms with E-state index < -0.39 is 0 Å². The van der Waals surface area contributed by atoms with Crippen molar-refractivity contribution >= 4 is 0 Å². The second kappa shape index (κ2) is 14.5. The fourth-order valence-corrected chi connectivity index (χ4v) is 3.17. The van der Waals surface area contributed by atoms with Crippen molar-refractivity contribution in [1.82, 2.24) is 0 Å². The molecule has 0 heterocycles. The van der Waals surface area contributed by atoms with E-state index in [2.05, 4.69) is 6.92 Å². The molecular formula is C27H36O6. The molecule has 0 radical (unpaired) electrons. The Kier molecular flexibility index (Phi) is 12.1. The quantitative estimate of drug-likeness (QED) is 0.264. The van der Waals surface area contributed by atoms with Gasteiger partial charge in [0.15, 0.2) is 0 Å². The summed E-state index contributed by atoms with van der Waals surface area (Å²) in [6, 6.07) is 14.4. The van der Waals surface area contributed by atoms with Gasteiger partial charge in [-0.3, -0.25) is 0 Å². The molecule has 3 aromatic carbocycles. The number of unbranched alkanes of at least 4 members (excludes halogenated alkanes) is 1. The van der Waals surface area contributed by atoms with Crippen LogP contribution < -0.4 is 0 Å². The zero-order valence-electron chi connectivity index (χ0n) is 19.6. The molecule has 0 amide bonds. The molecule has 0 saturated carbocycles. The van der Waals surface area contributed by atoms with Gasteiger partial charge in [-0.05, 0) is 62.1 Å². The molecule has 0 spiro atoms. The SMILES string of the molecule is CCCCc1c(O)cccc1O.CCCc1c(O)cccc1O.CCc1c(O)cccc1O. The highest BCUT2D eigenvalue weighted by atomic mass is 16.3. The lowest BCUT2D eigenvalue weighted by Gasteiger charge is -2.05. The molecule has 6 heteroatoms. The number of phenols is 6. The zero-order valence-corrected chi connectivity index (χ0v) is 19.6. The average Bonchev–Trinajstić information content (AvgIpc) is 2.77. The Morgan fingerprint density at radius 1 is 0.455 bits per heavy atom. The van der Waals surface area contributed by atoms with Crippen molar-refractivity contribution in [3.63, 3.8) is 0 Å². The maximum absolute atomic E-state index is 9.36. The van der Waals surface area contributed by atoms with Crippen LogP contribution in [-0.2, 0) is 19.3 Å². The summed E-state index contributed by atoms with van der Waals surface area (Å²) in [4.78, 5) is 0. The van der Waals surface area contributed by atoms with Crippen LogP contribution in [0.2, 0.25) is 0 Å². The fraction of sp³-hybridized carbons (Fsp3) is 0.333. The van der Waals surface area contributed by atoms with Crippen molar-refractivity contribution in [3.05, 3.63) is 71.3 Å². The summed E-state index contributed by atoms with van der Waals surface area (Å²) in [5.74, 6) is 1.11. The highest BCUT2D eigenvalue weighted by Crippen LogP contribution is 2.28. The number of phenolic OH excluding ortho intramolecular Hbond substituents is 6. The van der Waals surface area contributed by atoms with Gasteiger partial charge in [0.1, 0.15) is 34.5 Å². The van der Waals surface area contributed by atoms with Crippen LogP contribution in [-0.4, -0.2) is 30.6 Å². The standard InChI is InChI=1S/C10H14O2.C9H12O2.C8H10O2/c1-2-3-5-8-9(11)6-4-7-10(8)12;1-2-4-7-8(10)5-3-6-9(7)11;1-2-6-7(9)4-3-5-8(6)10/h4,6-7,11-12H,2-3,5H2,1H3;3,5-6,10-11H,2,4H2,1H3;3-5,9-10H,2H2,1H3. The van der Waals surface area contributed by atoms with E-state index in [9.17, 15) is 20.4 Å². The molecule has 0 aliphatic heterocycles. The largest absolute Gasteiger partial charge is 0.508 e. The Labute approximate surface area is 196 Å². The molecular weight excluding hydrogens is 420 g/mol. The van der Waals surface area contributed by atoms with Gasteiger partial charge in [0.2, 0.25) is 0 Å². The minimum Gasteiger partial charge on any atom is -0.508 e. The minimum absolute atomic E-state index is 0.169. The Morgan fingerprint density at radius 3 is 1.06 bits per heavy atom. The highest BCUT2D eigenvalue weighted by Gasteiger charge is 2.05. The third-order valence-corrected chi connectivity index (χ3v) is 5.01. The van der Waals surface area contributed by atoms with Crippen molar-refractivity contribution in [2.45, 2.75) is 59.3 Å². The molecule has 33 heavy (non-hydrogen) atoms. The second-order valence-electron chi connectivity index (χ2n) is 7.53. The van der Waals surface area contributed by atoms with Gasteiger partial charge in [0, 0.05) is 16.7 Å². The first-order valence-corrected chi connectivity index (χ1v) is 11.3. The summed E-state index contributed by atoms with van der Waals surface area (Å²) in [6.45, 7) is 5.97. The highest BCUT2D eigenvalue weighted by molar-refractivity contribution is 5.44. The summed E-state index contributed by atoms with van der Waals surface area (Å²) in [6.07, 6.45) is 5.09. The smallest absolute Gasteiger partial charge is 0.122 e. The molecule has 180 valence electrons. The first kappa shape index (κ1) is 27.5. The van der Waals surface area contributed by atoms with Crippen molar-refractivity contribution in [1.29, 1.82) is 0 Å². The number of benzene rings is 3. The molecule has 0 aliphatic carbocycles. The molecule has 3 rings (SSSR count). The van der Waals surface area contributed by atoms with E-state index in [1.807, 2.05) is 13.8 Å². The minimum atomic E-state index is 0.169. The normalized spacial score (nSPS) is 9.91. The van der Waals surface area contributed by atoms with Crippen LogP contribution >= 0.6 is 0 Å². The molecule has 3 aromatic rings. The van der Waals surface area contributed by atoms with E-state index in [0.717, 1.165) is 32.1 Å². The third-order valence-electron chi connectivity index (χ3n) is 5.01. The van der Waals surface area contributed by atoms with Gasteiger partial charge in [0.05, 0.1) is 0 Å². The van der Waals surface area contributed by atoms with Crippen LogP contribution in [0.3, 0.4) is 0 Å². The van der Waals surface area contributed by atoms with E-state index in [4.69, 9.17) is 10.2 Å². The van der Waals surface area contributed by atoms with Crippen LogP contribution in [0.1, 0.15) is 56.7 Å². The predicted octanol–water partition coefficient (Wildman–Crippen LogP) is 6.15. The molecule has 0 saturated heterocycles. The Bertz CT molecular complexity index is 924. The van der Waals surface area contributed by atoms with Gasteiger partial charge in [0.25, 0.3) is 0 Å². The van der Waals surface area contributed by atoms with Crippen molar-refractivity contribution in [2.24, 2.45) is 0 Å². The van der Waals surface area contributed by atoms with E-state index in [0.29, 0.717) is 23.1 Å². The van der Waals surface area contributed by atoms with Crippen LogP contribution in [0.4, 0.5) is 0 Å². The molecule has 0 bridgehead atoms. The summed E-state index contributed by atoms with van der Waals surface area (Å²) >= 11 is 0. The monoisotopic (exact) mass is 456 g/mol. The first-order chi connectivity index (χ1) is 15.8. The molecule has 6 N–H and O–H groups in total. The fourth-order valence-electron chi connectivity index (χ4n) is 3.17. The Balaban J connectivity index is 0.000000249. The van der Waals surface area contributed by atoms with Crippen molar-refractivity contribution in [2.75, 3.05) is 0 Å². The molecule has 6 nitrogen and oxygen atoms in total. The summed E-state index contributed by atoms with van der Waals surface area (Å²) in [5, 5.41) is 55.5. The molecule has 0 fully saturated rings. The van der Waals surface area contributed by atoms with E-state index >= 15 is 0 Å². The molecule has 0 atom stereocenters. The van der Waals surface area contributed by atoms with Crippen molar-refractivity contribution < 1.29 is 30.6 Å². The maximum atomic E-state index is 9.36. The number of hydrogen-bond donors (Lipinski definition) is 6. The Morgan fingerprint density at radius 2 is 0.788 bits per heavy atom. The van der Waals surface area contributed by atoms with Gasteiger partial charge in [-0.2, -0.15) is 0 Å². The van der Waals surface area contributed by atoms with Crippen LogP contribution in [0.25, 0.3) is 0 Å². The van der Waals surface area contributed by atoms with Gasteiger partial charge < -0.3 is 30.6 Å². The van der Waals surface area contributed by atoms with E-state index in [1.54, 1.807) is 54.6 Å². The average molecular weight is 457 g/mol. The van der Waals surface area contributed by atoms with Gasteiger partial charge in [-0.1, -0.05) is 51.8 Å². The number of rotatable bonds is 6. The summed E-state index contributed by atoms with van der Waals surface area (Å²) in [5.41, 5.74) is 1.93. The van der Waals surface area contributed by atoms with E-state index in [-0.39, 0.29) is 34.5 Å². The molecule has 0 aromatic heterocycles. The molecule has 0 unspecified atom stereocenters. The van der Waals surface area contributed by atoms with E-state index in [1.165, 1.54) is 0 Å². The summed E-state index contributed by atoms with van der Waals surface area (Å²) < 4.78 is 0. The number of aromatic hydroxyl groups is 6. The van der Waals surface area contributed by atoms with Gasteiger partial charge in [-0.25, -0.2) is 0 Å². The Hall–Kier alpha value is -3.54. The lowest BCUT2D eigenvalue weighted by Crippen LogP contribution is -1.86. The van der Waals surface area contributed by atoms with Crippen LogP contribution in [0.15, 0.2) is 54.6 Å². The summed E-state index contributed by atoms with van der Waals surface area (Å²) in [7, 11) is 0. The molecule has 0 aliphatic rings. The van der Waals surface area contributed by atoms with Gasteiger partial charge >= 0.3 is 0 Å². The topological polar surface area (TPSA) is 121 Å². The number of hydrogen-bond acceptors (Lipinski definition) is 6. The van der Waals surface area contributed by atoms with Gasteiger partial charge in [-0.15, -0.1) is 0 Å². The maximum Gasteiger partial charge on any atom is 0.122 e. The zero-order chi connectivity index (χ0) is 24.8. The lowest BCUT2D eigenvalue weighted by atomic mass is 10.1.